The first kappa shape index (κ1) is 11.6. The van der Waals surface area contributed by atoms with E-state index >= 15 is 0 Å². The molecule has 1 aromatic heterocycles. The Labute approximate surface area is 106 Å². The molecule has 5 heteroatoms. The lowest BCUT2D eigenvalue weighted by molar-refractivity contribution is 0.0694. The van der Waals surface area contributed by atoms with Gasteiger partial charge in [-0.15, -0.1) is 0 Å². The second-order valence-corrected chi connectivity index (χ2v) is 4.05. The van der Waals surface area contributed by atoms with Gasteiger partial charge in [0.2, 0.25) is 5.88 Å². The van der Waals surface area contributed by atoms with Gasteiger partial charge in [-0.1, -0.05) is 12.1 Å². The molecule has 0 spiro atoms. The Morgan fingerprint density at radius 2 is 2.00 bits per heavy atom. The van der Waals surface area contributed by atoms with E-state index in [4.69, 9.17) is 9.84 Å². The number of para-hydroxylation sites is 1. The van der Waals surface area contributed by atoms with Gasteiger partial charge in [-0.2, -0.15) is 0 Å². The van der Waals surface area contributed by atoms with Gasteiger partial charge in [-0.25, -0.2) is 9.78 Å². The molecular formula is C12H8BrNO3. The van der Waals surface area contributed by atoms with Crippen molar-refractivity contribution in [3.05, 3.63) is 52.6 Å². The van der Waals surface area contributed by atoms with E-state index in [1.807, 2.05) is 0 Å². The molecule has 0 aliphatic rings. The molecule has 1 aromatic carbocycles. The number of aromatic nitrogens is 1. The van der Waals surface area contributed by atoms with E-state index in [0.717, 1.165) is 0 Å². The third-order valence-corrected chi connectivity index (χ3v) is 2.65. The van der Waals surface area contributed by atoms with Gasteiger partial charge in [0.1, 0.15) is 11.3 Å². The molecule has 0 saturated heterocycles. The first-order valence-electron chi connectivity index (χ1n) is 4.79. The number of hydrogen-bond acceptors (Lipinski definition) is 3. The predicted molar refractivity (Wildman–Crippen MR) is 65.4 cm³/mol. The Balaban J connectivity index is 2.37. The summed E-state index contributed by atoms with van der Waals surface area (Å²) in [5, 5.41) is 9.00. The molecule has 0 radical (unpaired) electrons. The fraction of sp³-hybridized carbons (Fsp3) is 0. The van der Waals surface area contributed by atoms with Crippen molar-refractivity contribution in [2.45, 2.75) is 0 Å². The van der Waals surface area contributed by atoms with Gasteiger partial charge in [-0.3, -0.25) is 0 Å². The number of benzene rings is 1. The van der Waals surface area contributed by atoms with E-state index in [2.05, 4.69) is 20.9 Å². The van der Waals surface area contributed by atoms with Gasteiger partial charge >= 0.3 is 5.97 Å². The average Bonchev–Trinajstić information content (AvgIpc) is 2.32. The Hall–Kier alpha value is -1.88. The van der Waals surface area contributed by atoms with E-state index in [1.165, 1.54) is 6.07 Å². The van der Waals surface area contributed by atoms with E-state index in [-0.39, 0.29) is 11.3 Å². The average molecular weight is 294 g/mol. The van der Waals surface area contributed by atoms with Crippen molar-refractivity contribution in [2.75, 3.05) is 0 Å². The minimum atomic E-state index is -1.03. The summed E-state index contributed by atoms with van der Waals surface area (Å²) in [5.74, 6) is -0.437. The van der Waals surface area contributed by atoms with E-state index in [0.29, 0.717) is 10.4 Å². The zero-order chi connectivity index (χ0) is 12.3. The molecule has 1 N–H and O–H groups in total. The summed E-state index contributed by atoms with van der Waals surface area (Å²) in [6.45, 7) is 0. The van der Waals surface area contributed by atoms with Crippen LogP contribution in [0, 0.1) is 0 Å². The van der Waals surface area contributed by atoms with Crippen LogP contribution >= 0.6 is 15.9 Å². The third-order valence-electron chi connectivity index (χ3n) is 2.05. The van der Waals surface area contributed by atoms with E-state index in [1.54, 1.807) is 36.5 Å². The number of pyridine rings is 1. The Morgan fingerprint density at radius 1 is 1.24 bits per heavy atom. The number of nitrogens with zero attached hydrogens (tertiary/aromatic N) is 1. The van der Waals surface area contributed by atoms with Crippen LogP contribution in [-0.4, -0.2) is 16.1 Å². The van der Waals surface area contributed by atoms with Crippen molar-refractivity contribution >= 4 is 21.9 Å². The minimum Gasteiger partial charge on any atom is -0.478 e. The highest BCUT2D eigenvalue weighted by molar-refractivity contribution is 9.10. The molecule has 86 valence electrons. The van der Waals surface area contributed by atoms with Crippen molar-refractivity contribution in [1.82, 2.24) is 4.98 Å². The SMILES string of the molecule is O=C(O)c1ccccc1Oc1ncccc1Br. The number of hydrogen-bond donors (Lipinski definition) is 1. The van der Waals surface area contributed by atoms with Crippen LogP contribution in [0.4, 0.5) is 0 Å². The molecule has 0 unspecified atom stereocenters. The third kappa shape index (κ3) is 2.62. The topological polar surface area (TPSA) is 59.4 Å². The van der Waals surface area contributed by atoms with Crippen LogP contribution in [-0.2, 0) is 0 Å². The zero-order valence-corrected chi connectivity index (χ0v) is 10.2. The van der Waals surface area contributed by atoms with Crippen molar-refractivity contribution in [3.63, 3.8) is 0 Å². The van der Waals surface area contributed by atoms with Gasteiger partial charge < -0.3 is 9.84 Å². The largest absolute Gasteiger partial charge is 0.478 e. The summed E-state index contributed by atoms with van der Waals surface area (Å²) in [5.41, 5.74) is 0.102. The van der Waals surface area contributed by atoms with Crippen molar-refractivity contribution in [2.24, 2.45) is 0 Å². The van der Waals surface area contributed by atoms with Crippen LogP contribution < -0.4 is 4.74 Å². The van der Waals surface area contributed by atoms with Gasteiger partial charge in [0.25, 0.3) is 0 Å². The van der Waals surface area contributed by atoms with Crippen molar-refractivity contribution in [1.29, 1.82) is 0 Å². The lowest BCUT2D eigenvalue weighted by Crippen LogP contribution is -2.00. The van der Waals surface area contributed by atoms with Crippen LogP contribution in [0.15, 0.2) is 47.1 Å². The highest BCUT2D eigenvalue weighted by atomic mass is 79.9. The lowest BCUT2D eigenvalue weighted by atomic mass is 10.2. The second-order valence-electron chi connectivity index (χ2n) is 3.19. The molecule has 0 saturated carbocycles. The number of carboxylic acid groups (broad SMARTS) is 1. The summed E-state index contributed by atoms with van der Waals surface area (Å²) in [6.07, 6.45) is 1.57. The first-order valence-corrected chi connectivity index (χ1v) is 5.58. The number of carbonyl (C=O) groups is 1. The van der Waals surface area contributed by atoms with Gasteiger partial charge in [0.05, 0.1) is 4.47 Å². The molecule has 0 aliphatic heterocycles. The van der Waals surface area contributed by atoms with Crippen LogP contribution in [0.1, 0.15) is 10.4 Å². The molecular weight excluding hydrogens is 286 g/mol. The number of ether oxygens (including phenoxy) is 1. The van der Waals surface area contributed by atoms with E-state index in [9.17, 15) is 4.79 Å². The fourth-order valence-corrected chi connectivity index (χ4v) is 1.62. The predicted octanol–water partition coefficient (Wildman–Crippen LogP) is 3.33. The summed E-state index contributed by atoms with van der Waals surface area (Å²) >= 11 is 3.28. The quantitative estimate of drug-likeness (QED) is 0.943. The monoisotopic (exact) mass is 293 g/mol. The Kier molecular flexibility index (Phi) is 3.39. The molecule has 1 heterocycles. The number of aromatic carboxylic acids is 1. The smallest absolute Gasteiger partial charge is 0.339 e. The molecule has 0 fully saturated rings. The van der Waals surface area contributed by atoms with Crippen molar-refractivity contribution in [3.8, 4) is 11.6 Å². The summed E-state index contributed by atoms with van der Waals surface area (Å²) in [4.78, 5) is 15.0. The molecule has 0 aliphatic carbocycles. The standard InChI is InChI=1S/C12H8BrNO3/c13-9-5-3-7-14-11(9)17-10-6-2-1-4-8(10)12(15)16/h1-7H,(H,15,16). The maximum absolute atomic E-state index is 11.0. The van der Waals surface area contributed by atoms with Crippen molar-refractivity contribution < 1.29 is 14.6 Å². The Bertz CT molecular complexity index is 557. The van der Waals surface area contributed by atoms with Crippen LogP contribution in [0.5, 0.6) is 11.6 Å². The molecule has 4 nitrogen and oxygen atoms in total. The molecule has 0 atom stereocenters. The molecule has 2 rings (SSSR count). The maximum atomic E-state index is 11.0. The minimum absolute atomic E-state index is 0.102. The van der Waals surface area contributed by atoms with E-state index < -0.39 is 5.97 Å². The summed E-state index contributed by atoms with van der Waals surface area (Å²) in [7, 11) is 0. The van der Waals surface area contributed by atoms with Gasteiger partial charge in [0.15, 0.2) is 0 Å². The van der Waals surface area contributed by atoms with Crippen LogP contribution in [0.2, 0.25) is 0 Å². The molecule has 0 bridgehead atoms. The number of carboxylic acids is 1. The molecule has 0 amide bonds. The van der Waals surface area contributed by atoms with Gasteiger partial charge in [-0.05, 0) is 40.2 Å². The molecule has 17 heavy (non-hydrogen) atoms. The molecule has 2 aromatic rings. The fourth-order valence-electron chi connectivity index (χ4n) is 1.28. The second kappa shape index (κ2) is 4.97. The highest BCUT2D eigenvalue weighted by Crippen LogP contribution is 2.28. The number of halogens is 1. The normalized spacial score (nSPS) is 9.94. The maximum Gasteiger partial charge on any atom is 0.339 e. The lowest BCUT2D eigenvalue weighted by Gasteiger charge is -2.08. The summed E-state index contributed by atoms with van der Waals surface area (Å²) < 4.78 is 6.13. The van der Waals surface area contributed by atoms with Crippen LogP contribution in [0.25, 0.3) is 0 Å². The first-order chi connectivity index (χ1) is 8.18. The zero-order valence-electron chi connectivity index (χ0n) is 8.63. The Morgan fingerprint density at radius 3 is 2.71 bits per heavy atom. The van der Waals surface area contributed by atoms with Crippen LogP contribution in [0.3, 0.4) is 0 Å². The highest BCUT2D eigenvalue weighted by Gasteiger charge is 2.12. The summed E-state index contributed by atoms with van der Waals surface area (Å²) in [6, 6.07) is 9.94. The number of rotatable bonds is 3. The van der Waals surface area contributed by atoms with Gasteiger partial charge in [0, 0.05) is 6.20 Å².